The zero-order chi connectivity index (χ0) is 24.4. The van der Waals surface area contributed by atoms with E-state index in [1.54, 1.807) is 6.33 Å². The van der Waals surface area contributed by atoms with Gasteiger partial charge in [-0.3, -0.25) is 10.00 Å². The Morgan fingerprint density at radius 3 is 2.42 bits per heavy atom. The van der Waals surface area contributed by atoms with Crippen LogP contribution in [-0.2, 0) is 0 Å². The number of benzene rings is 1. The molecule has 2 aromatic heterocycles. The number of nitrogens with zero attached hydrogens (tertiary/aromatic N) is 7. The normalized spacial score (nSPS) is 17.4. The SMILES string of the molecule is CCN1CCN(CCOc2cc(Cl)cc(N3CCN(c4ncnc5n[nH]c(Br)c45)CC3)c2C)CC1.Cl. The Kier molecular flexibility index (Phi) is 9.16. The molecule has 1 N–H and O–H groups in total. The van der Waals surface area contributed by atoms with Crippen LogP contribution in [0.25, 0.3) is 11.0 Å². The lowest BCUT2D eigenvalue weighted by atomic mass is 10.1. The second kappa shape index (κ2) is 12.1. The largest absolute Gasteiger partial charge is 0.492 e. The Morgan fingerprint density at radius 1 is 1.00 bits per heavy atom. The lowest BCUT2D eigenvalue weighted by Gasteiger charge is -2.37. The Bertz CT molecular complexity index is 1160. The fraction of sp³-hybridized carbons (Fsp3) is 0.542. The number of anilines is 2. The van der Waals surface area contributed by atoms with Gasteiger partial charge in [0.2, 0.25) is 0 Å². The van der Waals surface area contributed by atoms with Crippen LogP contribution in [0.15, 0.2) is 23.1 Å². The zero-order valence-electron chi connectivity index (χ0n) is 20.7. The predicted octanol–water partition coefficient (Wildman–Crippen LogP) is 3.84. The van der Waals surface area contributed by atoms with Gasteiger partial charge in [0.15, 0.2) is 5.65 Å². The summed E-state index contributed by atoms with van der Waals surface area (Å²) in [6.45, 7) is 15.0. The van der Waals surface area contributed by atoms with Gasteiger partial charge in [0.05, 0.1) is 5.39 Å². The van der Waals surface area contributed by atoms with E-state index in [4.69, 9.17) is 16.3 Å². The van der Waals surface area contributed by atoms with E-state index < -0.39 is 0 Å². The fourth-order valence-corrected chi connectivity index (χ4v) is 5.58. The highest BCUT2D eigenvalue weighted by atomic mass is 79.9. The van der Waals surface area contributed by atoms with Crippen molar-refractivity contribution >= 4 is 62.5 Å². The monoisotopic (exact) mass is 598 g/mol. The molecule has 2 saturated heterocycles. The summed E-state index contributed by atoms with van der Waals surface area (Å²) in [5.41, 5.74) is 2.95. The highest BCUT2D eigenvalue weighted by Gasteiger charge is 2.24. The van der Waals surface area contributed by atoms with Crippen molar-refractivity contribution in [2.45, 2.75) is 13.8 Å². The third-order valence-electron chi connectivity index (χ3n) is 7.08. The molecule has 2 fully saturated rings. The number of nitrogens with one attached hydrogen (secondary N) is 1. The lowest BCUT2D eigenvalue weighted by Crippen LogP contribution is -2.47. The highest BCUT2D eigenvalue weighted by molar-refractivity contribution is 9.10. The van der Waals surface area contributed by atoms with Crippen LogP contribution in [0.4, 0.5) is 11.5 Å². The number of H-pyrrole nitrogens is 1. The third kappa shape index (κ3) is 5.83. The maximum Gasteiger partial charge on any atom is 0.187 e. The molecule has 0 saturated carbocycles. The molecule has 9 nitrogen and oxygen atoms in total. The van der Waals surface area contributed by atoms with Gasteiger partial charge in [-0.05, 0) is 41.5 Å². The number of hydrogen-bond acceptors (Lipinski definition) is 8. The van der Waals surface area contributed by atoms with E-state index in [1.165, 1.54) is 0 Å². The second-order valence-corrected chi connectivity index (χ2v) is 10.3. The van der Waals surface area contributed by atoms with E-state index >= 15 is 0 Å². The number of aromatic nitrogens is 4. The summed E-state index contributed by atoms with van der Waals surface area (Å²) in [7, 11) is 0. The summed E-state index contributed by atoms with van der Waals surface area (Å²) < 4.78 is 7.05. The first-order valence-electron chi connectivity index (χ1n) is 12.3. The molecule has 0 spiro atoms. The van der Waals surface area contributed by atoms with Crippen molar-refractivity contribution < 1.29 is 4.74 Å². The van der Waals surface area contributed by atoms with Crippen molar-refractivity contribution in [2.24, 2.45) is 0 Å². The lowest BCUT2D eigenvalue weighted by molar-refractivity contribution is 0.120. The van der Waals surface area contributed by atoms with E-state index in [1.807, 2.05) is 6.07 Å². The molecule has 3 aromatic rings. The number of fused-ring (bicyclic) bond motifs is 1. The molecule has 2 aliphatic heterocycles. The molecule has 1 aromatic carbocycles. The summed E-state index contributed by atoms with van der Waals surface area (Å²) >= 11 is 10.1. The molecule has 0 aliphatic carbocycles. The Balaban J connectivity index is 0.00000304. The van der Waals surface area contributed by atoms with Crippen LogP contribution in [0.5, 0.6) is 5.75 Å². The molecule has 5 rings (SSSR count). The number of rotatable bonds is 7. The number of halogens is 3. The van der Waals surface area contributed by atoms with Gasteiger partial charge in [-0.1, -0.05) is 18.5 Å². The van der Waals surface area contributed by atoms with Crippen LogP contribution < -0.4 is 14.5 Å². The summed E-state index contributed by atoms with van der Waals surface area (Å²) in [5, 5.41) is 8.81. The number of likely N-dealkylation sites (N-methyl/N-ethyl adjacent to an activating group) is 1. The summed E-state index contributed by atoms with van der Waals surface area (Å²) in [4.78, 5) is 18.5. The third-order valence-corrected chi connectivity index (χ3v) is 7.87. The topological polar surface area (TPSA) is 76.7 Å². The quantitative estimate of drug-likeness (QED) is 0.439. The predicted molar refractivity (Wildman–Crippen MR) is 151 cm³/mol. The molecular weight excluding hydrogens is 567 g/mol. The molecular formula is C24H33BrCl2N8O. The van der Waals surface area contributed by atoms with E-state index in [2.05, 4.69) is 75.6 Å². The molecule has 36 heavy (non-hydrogen) atoms. The fourth-order valence-electron chi connectivity index (χ4n) is 4.94. The van der Waals surface area contributed by atoms with Crippen LogP contribution in [0.2, 0.25) is 5.02 Å². The van der Waals surface area contributed by atoms with Gasteiger partial charge in [-0.25, -0.2) is 9.97 Å². The van der Waals surface area contributed by atoms with Gasteiger partial charge in [0.25, 0.3) is 0 Å². The maximum atomic E-state index is 6.53. The van der Waals surface area contributed by atoms with E-state index in [-0.39, 0.29) is 12.4 Å². The summed E-state index contributed by atoms with van der Waals surface area (Å²) in [6, 6.07) is 4.00. The first-order valence-corrected chi connectivity index (χ1v) is 13.4. The Labute approximate surface area is 231 Å². The van der Waals surface area contributed by atoms with Crippen molar-refractivity contribution in [1.29, 1.82) is 0 Å². The van der Waals surface area contributed by atoms with Crippen LogP contribution in [0.3, 0.4) is 0 Å². The average molecular weight is 600 g/mol. The number of aromatic amines is 1. The summed E-state index contributed by atoms with van der Waals surface area (Å²) in [5.74, 6) is 1.78. The van der Waals surface area contributed by atoms with E-state index in [0.29, 0.717) is 17.3 Å². The number of hydrogen-bond donors (Lipinski definition) is 1. The molecule has 2 aliphatic rings. The minimum absolute atomic E-state index is 0. The number of ether oxygens (including phenoxy) is 1. The van der Waals surface area contributed by atoms with Crippen molar-refractivity contribution in [3.63, 3.8) is 0 Å². The van der Waals surface area contributed by atoms with Crippen LogP contribution >= 0.6 is 39.9 Å². The smallest absolute Gasteiger partial charge is 0.187 e. The van der Waals surface area contributed by atoms with Crippen molar-refractivity contribution in [3.8, 4) is 5.75 Å². The van der Waals surface area contributed by atoms with Gasteiger partial charge in [0.1, 0.15) is 29.1 Å². The first kappa shape index (κ1) is 27.2. The molecule has 0 atom stereocenters. The highest BCUT2D eigenvalue weighted by Crippen LogP contribution is 2.35. The minimum atomic E-state index is 0. The van der Waals surface area contributed by atoms with E-state index in [0.717, 1.165) is 98.3 Å². The van der Waals surface area contributed by atoms with Crippen molar-refractivity contribution in [2.75, 3.05) is 81.9 Å². The molecule has 0 amide bonds. The molecule has 196 valence electrons. The average Bonchev–Trinajstić information content (AvgIpc) is 3.27. The van der Waals surface area contributed by atoms with Gasteiger partial charge in [0, 0.05) is 75.2 Å². The standard InChI is InChI=1S/C24H32BrClN8O.ClH/c1-3-31-4-6-32(7-5-31)12-13-35-20-15-18(26)14-19(17(20)2)33-8-10-34(11-9-33)24-21-22(25)29-30-23(21)27-16-28-24;/h14-16H,3-13H2,1-2H3,(H,27,28,29,30);1H. The van der Waals surface area contributed by atoms with E-state index in [9.17, 15) is 0 Å². The minimum Gasteiger partial charge on any atom is -0.492 e. The van der Waals surface area contributed by atoms with Gasteiger partial charge in [-0.15, -0.1) is 12.4 Å². The van der Waals surface area contributed by atoms with Crippen LogP contribution in [0.1, 0.15) is 12.5 Å². The van der Waals surface area contributed by atoms with Crippen LogP contribution in [0, 0.1) is 6.92 Å². The number of piperazine rings is 2. The van der Waals surface area contributed by atoms with Crippen molar-refractivity contribution in [1.82, 2.24) is 30.0 Å². The van der Waals surface area contributed by atoms with Gasteiger partial charge < -0.3 is 19.4 Å². The zero-order valence-corrected chi connectivity index (χ0v) is 23.9. The molecule has 0 unspecified atom stereocenters. The Hall–Kier alpha value is -1.85. The maximum absolute atomic E-state index is 6.53. The molecule has 4 heterocycles. The second-order valence-electron chi connectivity index (χ2n) is 9.08. The van der Waals surface area contributed by atoms with Crippen LogP contribution in [-0.4, -0.2) is 102 Å². The van der Waals surface area contributed by atoms with Gasteiger partial charge in [-0.2, -0.15) is 5.10 Å². The first-order chi connectivity index (χ1) is 17.0. The molecule has 12 heteroatoms. The summed E-state index contributed by atoms with van der Waals surface area (Å²) in [6.07, 6.45) is 1.58. The Morgan fingerprint density at radius 2 is 1.69 bits per heavy atom. The van der Waals surface area contributed by atoms with Gasteiger partial charge >= 0.3 is 0 Å². The van der Waals surface area contributed by atoms with Crippen molar-refractivity contribution in [3.05, 3.63) is 33.6 Å². The molecule has 0 bridgehead atoms. The molecule has 0 radical (unpaired) electrons.